The molecule has 0 aliphatic carbocycles. The maximum Gasteiger partial charge on any atom is 0.198 e. The van der Waals surface area contributed by atoms with E-state index in [1.807, 2.05) is 36.4 Å². The third-order valence-electron chi connectivity index (χ3n) is 6.97. The Kier molecular flexibility index (Phi) is 7.43. The van der Waals surface area contributed by atoms with Crippen LogP contribution in [0.15, 0.2) is 72.8 Å². The summed E-state index contributed by atoms with van der Waals surface area (Å²) < 4.78 is 36.0. The largest absolute Gasteiger partial charge is 0.496 e. The van der Waals surface area contributed by atoms with E-state index in [9.17, 15) is 0 Å². The van der Waals surface area contributed by atoms with Crippen molar-refractivity contribution in [3.05, 3.63) is 89.5 Å². The molecule has 0 spiro atoms. The van der Waals surface area contributed by atoms with Crippen molar-refractivity contribution in [1.82, 2.24) is 4.90 Å². The molecule has 0 saturated carbocycles. The van der Waals surface area contributed by atoms with Crippen LogP contribution in [0.4, 0.5) is 0 Å². The van der Waals surface area contributed by atoms with E-state index in [4.69, 9.17) is 28.4 Å². The maximum absolute atomic E-state index is 6.46. The van der Waals surface area contributed by atoms with E-state index >= 15 is 0 Å². The lowest BCUT2D eigenvalue weighted by Crippen LogP contribution is -2.40. The van der Waals surface area contributed by atoms with Gasteiger partial charge in [0.2, 0.25) is 0 Å². The molecule has 0 radical (unpaired) electrons. The molecule has 3 aromatic rings. The first-order valence-electron chi connectivity index (χ1n) is 12.2. The lowest BCUT2D eigenvalue weighted by Gasteiger charge is -2.35. The summed E-state index contributed by atoms with van der Waals surface area (Å²) in [7, 11) is 4.96. The molecule has 0 bridgehead atoms. The third kappa shape index (κ3) is 4.80. The fraction of sp³-hybridized carbons (Fsp3) is 0.379. The number of hydrogen-bond donors (Lipinski definition) is 0. The van der Waals surface area contributed by atoms with Gasteiger partial charge in [-0.05, 0) is 5.56 Å². The van der Waals surface area contributed by atoms with Gasteiger partial charge in [-0.1, -0.05) is 60.7 Å². The molecule has 7 nitrogen and oxygen atoms in total. The Balaban J connectivity index is 1.52. The van der Waals surface area contributed by atoms with E-state index in [1.165, 1.54) is 5.56 Å². The second kappa shape index (κ2) is 10.9. The molecule has 2 fully saturated rings. The number of methoxy groups -OCH3 is 3. The zero-order valence-corrected chi connectivity index (χ0v) is 21.0. The van der Waals surface area contributed by atoms with Crippen LogP contribution in [0.2, 0.25) is 0 Å². The van der Waals surface area contributed by atoms with Crippen molar-refractivity contribution < 1.29 is 28.4 Å². The number of hydrogen-bond acceptors (Lipinski definition) is 7. The normalized spacial score (nSPS) is 21.4. The number of nitrogens with zero attached hydrogens (tertiary/aromatic N) is 1. The first kappa shape index (κ1) is 24.6. The number of rotatable bonds is 9. The summed E-state index contributed by atoms with van der Waals surface area (Å²) in [5, 5.41) is 0. The van der Waals surface area contributed by atoms with Gasteiger partial charge in [0.25, 0.3) is 0 Å². The van der Waals surface area contributed by atoms with Crippen LogP contribution in [0, 0.1) is 0 Å². The highest BCUT2D eigenvalue weighted by Gasteiger charge is 2.46. The van der Waals surface area contributed by atoms with Crippen molar-refractivity contribution in [1.29, 1.82) is 0 Å². The molecule has 2 saturated heterocycles. The van der Waals surface area contributed by atoms with E-state index < -0.39 is 5.79 Å². The summed E-state index contributed by atoms with van der Waals surface area (Å²) in [6.45, 7) is 2.19. The van der Waals surface area contributed by atoms with E-state index in [2.05, 4.69) is 41.3 Å². The standard InChI is InChI=1S/C29H33NO6/c1-31-23-16-26(32-2)24(27(17-23)33-3)19-30-25(21-10-6-4-7-11-21)20-34-28(30)18-29(35-14-15-36-29)22-12-8-5-9-13-22/h4-13,16-17,25,28H,14-15,18-20H2,1-3H3/t25-,28+/m0/s1. The van der Waals surface area contributed by atoms with Crippen LogP contribution in [0.5, 0.6) is 17.2 Å². The van der Waals surface area contributed by atoms with E-state index in [0.29, 0.717) is 50.0 Å². The lowest BCUT2D eigenvalue weighted by molar-refractivity contribution is -0.198. The zero-order chi connectivity index (χ0) is 25.0. The minimum atomic E-state index is -0.857. The Morgan fingerprint density at radius 1 is 0.833 bits per heavy atom. The first-order chi connectivity index (χ1) is 17.7. The summed E-state index contributed by atoms with van der Waals surface area (Å²) in [5.41, 5.74) is 3.11. The molecular weight excluding hydrogens is 458 g/mol. The number of ether oxygens (including phenoxy) is 6. The van der Waals surface area contributed by atoms with Gasteiger partial charge in [-0.25, -0.2) is 0 Å². The van der Waals surface area contributed by atoms with Crippen LogP contribution in [0.1, 0.15) is 29.2 Å². The van der Waals surface area contributed by atoms with Gasteiger partial charge in [-0.15, -0.1) is 0 Å². The van der Waals surface area contributed by atoms with Crippen LogP contribution >= 0.6 is 0 Å². The van der Waals surface area contributed by atoms with Gasteiger partial charge in [0.15, 0.2) is 5.79 Å². The van der Waals surface area contributed by atoms with Gasteiger partial charge in [0.1, 0.15) is 23.5 Å². The summed E-state index contributed by atoms with van der Waals surface area (Å²) in [5.74, 6) is 1.23. The molecule has 190 valence electrons. The SMILES string of the molecule is COc1cc(OC)c(CN2[C@@H](CC3(c4ccccc4)OCCO3)OC[C@H]2c2ccccc2)c(OC)c1. The van der Waals surface area contributed by atoms with Gasteiger partial charge < -0.3 is 28.4 Å². The van der Waals surface area contributed by atoms with Gasteiger partial charge >= 0.3 is 0 Å². The molecule has 2 aliphatic rings. The molecule has 2 aliphatic heterocycles. The Labute approximate surface area is 212 Å². The Bertz CT molecular complexity index is 1110. The quantitative estimate of drug-likeness (QED) is 0.422. The number of benzene rings is 3. The van der Waals surface area contributed by atoms with Crippen molar-refractivity contribution >= 4 is 0 Å². The minimum Gasteiger partial charge on any atom is -0.496 e. The highest BCUT2D eigenvalue weighted by molar-refractivity contribution is 5.51. The van der Waals surface area contributed by atoms with Crippen LogP contribution in [-0.2, 0) is 26.5 Å². The molecule has 2 atom stereocenters. The lowest BCUT2D eigenvalue weighted by atomic mass is 9.99. The van der Waals surface area contributed by atoms with Crippen molar-refractivity contribution in [2.45, 2.75) is 31.0 Å². The van der Waals surface area contributed by atoms with Gasteiger partial charge in [0.05, 0.1) is 52.8 Å². The average molecular weight is 492 g/mol. The fourth-order valence-corrected chi connectivity index (χ4v) is 5.14. The topological polar surface area (TPSA) is 58.6 Å². The fourth-order valence-electron chi connectivity index (χ4n) is 5.14. The Morgan fingerprint density at radius 3 is 2.03 bits per heavy atom. The van der Waals surface area contributed by atoms with Gasteiger partial charge in [-0.3, -0.25) is 4.90 Å². The van der Waals surface area contributed by atoms with E-state index in [0.717, 1.165) is 11.1 Å². The molecule has 0 amide bonds. The summed E-state index contributed by atoms with van der Waals surface area (Å²) in [6, 6.07) is 24.4. The second-order valence-electron chi connectivity index (χ2n) is 8.92. The summed E-state index contributed by atoms with van der Waals surface area (Å²) in [4.78, 5) is 2.35. The van der Waals surface area contributed by atoms with Crippen LogP contribution in [-0.4, -0.2) is 52.3 Å². The molecule has 36 heavy (non-hydrogen) atoms. The maximum atomic E-state index is 6.46. The predicted molar refractivity (Wildman–Crippen MR) is 135 cm³/mol. The van der Waals surface area contributed by atoms with E-state index in [1.54, 1.807) is 21.3 Å². The monoisotopic (exact) mass is 491 g/mol. The second-order valence-corrected chi connectivity index (χ2v) is 8.92. The highest BCUT2D eigenvalue weighted by Crippen LogP contribution is 2.44. The van der Waals surface area contributed by atoms with Crippen LogP contribution < -0.4 is 14.2 Å². The predicted octanol–water partition coefficient (Wildman–Crippen LogP) is 4.90. The average Bonchev–Trinajstić information content (AvgIpc) is 3.58. The third-order valence-corrected chi connectivity index (χ3v) is 6.97. The van der Waals surface area contributed by atoms with Crippen molar-refractivity contribution in [3.8, 4) is 17.2 Å². The minimum absolute atomic E-state index is 0.0435. The van der Waals surface area contributed by atoms with Crippen molar-refractivity contribution in [3.63, 3.8) is 0 Å². The molecular formula is C29H33NO6. The molecule has 3 aromatic carbocycles. The van der Waals surface area contributed by atoms with Gasteiger partial charge in [-0.2, -0.15) is 0 Å². The van der Waals surface area contributed by atoms with Crippen LogP contribution in [0.3, 0.4) is 0 Å². The van der Waals surface area contributed by atoms with Crippen molar-refractivity contribution in [2.75, 3.05) is 41.2 Å². The molecule has 0 aromatic heterocycles. The Hall–Kier alpha value is -3.10. The Morgan fingerprint density at radius 2 is 1.44 bits per heavy atom. The van der Waals surface area contributed by atoms with E-state index in [-0.39, 0.29) is 12.3 Å². The summed E-state index contributed by atoms with van der Waals surface area (Å²) >= 11 is 0. The molecule has 2 heterocycles. The molecule has 5 rings (SSSR count). The molecule has 0 unspecified atom stereocenters. The van der Waals surface area contributed by atoms with Gasteiger partial charge in [0, 0.05) is 30.7 Å². The molecule has 0 N–H and O–H groups in total. The molecule has 7 heteroatoms. The van der Waals surface area contributed by atoms with Crippen molar-refractivity contribution in [2.24, 2.45) is 0 Å². The smallest absolute Gasteiger partial charge is 0.198 e. The zero-order valence-electron chi connectivity index (χ0n) is 21.0. The van der Waals surface area contributed by atoms with Crippen LogP contribution in [0.25, 0.3) is 0 Å². The summed E-state index contributed by atoms with van der Waals surface area (Å²) in [6.07, 6.45) is 0.270. The highest BCUT2D eigenvalue weighted by atomic mass is 16.7. The first-order valence-corrected chi connectivity index (χ1v) is 12.2.